The Morgan fingerprint density at radius 3 is 2.85 bits per heavy atom. The topological polar surface area (TPSA) is 52.8 Å². The van der Waals surface area contributed by atoms with Gasteiger partial charge in [-0.1, -0.05) is 17.4 Å². The Kier molecular flexibility index (Phi) is 6.60. The minimum absolute atomic E-state index is 0.130. The maximum Gasteiger partial charge on any atom is 0.253 e. The summed E-state index contributed by atoms with van der Waals surface area (Å²) in [5.41, 5.74) is 1.04. The van der Waals surface area contributed by atoms with Gasteiger partial charge in [0.15, 0.2) is 4.80 Å². The molecule has 26 heavy (non-hydrogen) atoms. The van der Waals surface area contributed by atoms with Gasteiger partial charge in [-0.3, -0.25) is 4.79 Å². The van der Waals surface area contributed by atoms with Gasteiger partial charge in [0.25, 0.3) is 5.91 Å². The Morgan fingerprint density at radius 2 is 2.12 bits per heavy atom. The van der Waals surface area contributed by atoms with Crippen molar-refractivity contribution in [1.82, 2.24) is 4.57 Å². The third-order valence-corrected chi connectivity index (χ3v) is 5.67. The number of fused-ring (bicyclic) bond motifs is 1. The van der Waals surface area contributed by atoms with E-state index in [-0.39, 0.29) is 5.91 Å². The zero-order valence-electron chi connectivity index (χ0n) is 14.9. The van der Waals surface area contributed by atoms with Gasteiger partial charge in [-0.2, -0.15) is 4.99 Å². The van der Waals surface area contributed by atoms with Crippen molar-refractivity contribution in [1.29, 1.82) is 0 Å². The molecule has 0 bridgehead atoms. The van der Waals surface area contributed by atoms with E-state index in [9.17, 15) is 4.79 Å². The molecule has 0 saturated heterocycles. The monoisotopic (exact) mass is 390 g/mol. The Morgan fingerprint density at radius 1 is 1.23 bits per heavy atom. The van der Waals surface area contributed by atoms with Gasteiger partial charge in [-0.05, 0) is 43.5 Å². The molecule has 138 valence electrons. The SMILES string of the molecule is CCOCCn1c(=NC(=O)Cc2cccs2)sc2cc(OCC)ccc21. The van der Waals surface area contributed by atoms with Crippen LogP contribution in [0.5, 0.6) is 5.75 Å². The first kappa shape index (κ1) is 18.8. The Hall–Kier alpha value is -1.96. The summed E-state index contributed by atoms with van der Waals surface area (Å²) >= 11 is 3.08. The number of carbonyl (C=O) groups is 1. The van der Waals surface area contributed by atoms with Crippen molar-refractivity contribution in [3.8, 4) is 5.75 Å². The predicted octanol–water partition coefficient (Wildman–Crippen LogP) is 3.87. The van der Waals surface area contributed by atoms with Crippen LogP contribution in [0.3, 0.4) is 0 Å². The lowest BCUT2D eigenvalue weighted by Crippen LogP contribution is -2.20. The van der Waals surface area contributed by atoms with E-state index in [1.807, 2.05) is 49.6 Å². The van der Waals surface area contributed by atoms with Crippen LogP contribution in [-0.2, 0) is 22.5 Å². The number of benzene rings is 1. The van der Waals surface area contributed by atoms with Crippen LogP contribution in [0.2, 0.25) is 0 Å². The third-order valence-electron chi connectivity index (χ3n) is 3.75. The molecule has 2 aromatic heterocycles. The zero-order chi connectivity index (χ0) is 18.4. The van der Waals surface area contributed by atoms with E-state index >= 15 is 0 Å². The minimum Gasteiger partial charge on any atom is -0.494 e. The fourth-order valence-corrected chi connectivity index (χ4v) is 4.42. The highest BCUT2D eigenvalue weighted by Gasteiger charge is 2.10. The Bertz CT molecular complexity index is 926. The van der Waals surface area contributed by atoms with Crippen LogP contribution in [-0.4, -0.2) is 30.3 Å². The largest absolute Gasteiger partial charge is 0.494 e. The van der Waals surface area contributed by atoms with Crippen LogP contribution in [0, 0.1) is 0 Å². The van der Waals surface area contributed by atoms with Crippen LogP contribution >= 0.6 is 22.7 Å². The standard InChI is InChI=1S/C19H22N2O3S2/c1-3-23-10-9-21-16-8-7-14(24-4-2)12-17(16)26-19(21)20-18(22)13-15-6-5-11-25-15/h5-8,11-12H,3-4,9-10,13H2,1-2H3. The fourth-order valence-electron chi connectivity index (χ4n) is 2.62. The van der Waals surface area contributed by atoms with Gasteiger partial charge < -0.3 is 14.0 Å². The molecule has 0 aliphatic heterocycles. The fraction of sp³-hybridized carbons (Fsp3) is 0.368. The number of nitrogens with zero attached hydrogens (tertiary/aromatic N) is 2. The number of hydrogen-bond acceptors (Lipinski definition) is 5. The van der Waals surface area contributed by atoms with Crippen LogP contribution in [0.15, 0.2) is 40.7 Å². The number of thiophene rings is 1. The molecule has 0 unspecified atom stereocenters. The van der Waals surface area contributed by atoms with Crippen molar-refractivity contribution in [2.45, 2.75) is 26.8 Å². The summed E-state index contributed by atoms with van der Waals surface area (Å²) in [6.07, 6.45) is 0.335. The smallest absolute Gasteiger partial charge is 0.253 e. The average Bonchev–Trinajstić information content (AvgIpc) is 3.23. The zero-order valence-corrected chi connectivity index (χ0v) is 16.6. The summed E-state index contributed by atoms with van der Waals surface area (Å²) in [5.74, 6) is 0.698. The molecule has 5 nitrogen and oxygen atoms in total. The van der Waals surface area contributed by atoms with Crippen LogP contribution in [0.1, 0.15) is 18.7 Å². The summed E-state index contributed by atoms with van der Waals surface area (Å²) < 4.78 is 14.2. The summed E-state index contributed by atoms with van der Waals surface area (Å²) in [5, 5.41) is 1.97. The van der Waals surface area contributed by atoms with E-state index in [4.69, 9.17) is 9.47 Å². The summed E-state index contributed by atoms with van der Waals surface area (Å²) in [6, 6.07) is 9.88. The summed E-state index contributed by atoms with van der Waals surface area (Å²) in [7, 11) is 0. The Balaban J connectivity index is 1.96. The van der Waals surface area contributed by atoms with Crippen molar-refractivity contribution < 1.29 is 14.3 Å². The maximum atomic E-state index is 12.4. The van der Waals surface area contributed by atoms with Gasteiger partial charge in [0.05, 0.1) is 29.9 Å². The third kappa shape index (κ3) is 4.60. The van der Waals surface area contributed by atoms with Crippen LogP contribution < -0.4 is 9.54 Å². The first-order valence-electron chi connectivity index (χ1n) is 8.65. The van der Waals surface area contributed by atoms with Crippen molar-refractivity contribution in [3.05, 3.63) is 45.4 Å². The van der Waals surface area contributed by atoms with Crippen molar-refractivity contribution in [2.24, 2.45) is 4.99 Å². The average molecular weight is 391 g/mol. The van der Waals surface area contributed by atoms with Crippen molar-refractivity contribution in [3.63, 3.8) is 0 Å². The summed E-state index contributed by atoms with van der Waals surface area (Å²) in [6.45, 7) is 6.47. The molecule has 0 atom stereocenters. The molecule has 0 fully saturated rings. The van der Waals surface area contributed by atoms with Gasteiger partial charge in [-0.15, -0.1) is 11.3 Å². The number of ether oxygens (including phenoxy) is 2. The van der Waals surface area contributed by atoms with E-state index in [1.165, 1.54) is 11.3 Å². The number of amides is 1. The Labute approximate surface area is 160 Å². The first-order valence-corrected chi connectivity index (χ1v) is 10.3. The molecule has 2 heterocycles. The van der Waals surface area contributed by atoms with E-state index < -0.39 is 0 Å². The second kappa shape index (κ2) is 9.12. The van der Waals surface area contributed by atoms with E-state index in [0.29, 0.717) is 37.6 Å². The molecular weight excluding hydrogens is 368 g/mol. The molecule has 0 N–H and O–H groups in total. The number of hydrogen-bond donors (Lipinski definition) is 0. The number of rotatable bonds is 8. The van der Waals surface area contributed by atoms with Crippen molar-refractivity contribution >= 4 is 38.8 Å². The van der Waals surface area contributed by atoms with Gasteiger partial charge >= 0.3 is 0 Å². The van der Waals surface area contributed by atoms with Gasteiger partial charge in [0, 0.05) is 18.0 Å². The molecule has 7 heteroatoms. The normalized spacial score (nSPS) is 12.0. The first-order chi connectivity index (χ1) is 12.7. The van der Waals surface area contributed by atoms with Crippen LogP contribution in [0.25, 0.3) is 10.2 Å². The quantitative estimate of drug-likeness (QED) is 0.549. The van der Waals surface area contributed by atoms with Gasteiger partial charge in [0.2, 0.25) is 0 Å². The van der Waals surface area contributed by atoms with E-state index in [0.717, 1.165) is 20.8 Å². The highest BCUT2D eigenvalue weighted by atomic mass is 32.1. The lowest BCUT2D eigenvalue weighted by atomic mass is 10.3. The molecule has 0 aliphatic carbocycles. The molecule has 0 aliphatic rings. The minimum atomic E-state index is -0.130. The molecule has 3 rings (SSSR count). The molecule has 0 saturated carbocycles. The molecular formula is C19H22N2O3S2. The predicted molar refractivity (Wildman–Crippen MR) is 106 cm³/mol. The molecule has 1 aromatic carbocycles. The molecule has 0 spiro atoms. The second-order valence-electron chi connectivity index (χ2n) is 5.56. The van der Waals surface area contributed by atoms with Gasteiger partial charge in [0.1, 0.15) is 5.75 Å². The molecule has 3 aromatic rings. The number of aromatic nitrogens is 1. The number of thiazole rings is 1. The van der Waals surface area contributed by atoms with E-state index in [2.05, 4.69) is 9.56 Å². The molecule has 0 radical (unpaired) electrons. The van der Waals surface area contributed by atoms with E-state index in [1.54, 1.807) is 11.3 Å². The second-order valence-corrected chi connectivity index (χ2v) is 7.60. The number of carbonyl (C=O) groups excluding carboxylic acids is 1. The van der Waals surface area contributed by atoms with Gasteiger partial charge in [-0.25, -0.2) is 0 Å². The summed E-state index contributed by atoms with van der Waals surface area (Å²) in [4.78, 5) is 18.5. The maximum absolute atomic E-state index is 12.4. The van der Waals surface area contributed by atoms with Crippen molar-refractivity contribution in [2.75, 3.05) is 19.8 Å². The van der Waals surface area contributed by atoms with Crippen LogP contribution in [0.4, 0.5) is 0 Å². The lowest BCUT2D eigenvalue weighted by molar-refractivity contribution is -0.117. The lowest BCUT2D eigenvalue weighted by Gasteiger charge is -2.06. The highest BCUT2D eigenvalue weighted by molar-refractivity contribution is 7.16. The highest BCUT2D eigenvalue weighted by Crippen LogP contribution is 2.23. The molecule has 1 amide bonds.